The van der Waals surface area contributed by atoms with Gasteiger partial charge in [-0.1, -0.05) is 55.8 Å². The lowest BCUT2D eigenvalue weighted by atomic mass is 10.0. The van der Waals surface area contributed by atoms with Gasteiger partial charge in [-0.05, 0) is 62.0 Å². The quantitative estimate of drug-likeness (QED) is 0.702. The van der Waals surface area contributed by atoms with E-state index in [0.717, 1.165) is 30.8 Å². The van der Waals surface area contributed by atoms with Crippen LogP contribution in [0.5, 0.6) is 0 Å². The van der Waals surface area contributed by atoms with Crippen LogP contribution < -0.4 is 10.6 Å². The summed E-state index contributed by atoms with van der Waals surface area (Å²) in [6.45, 7) is 9.51. The summed E-state index contributed by atoms with van der Waals surface area (Å²) in [7, 11) is 0. The highest BCUT2D eigenvalue weighted by molar-refractivity contribution is 5.97. The molecule has 1 heterocycles. The fraction of sp³-hybridized carbons (Fsp3) is 0.440. The predicted molar refractivity (Wildman–Crippen MR) is 120 cm³/mol. The Morgan fingerprint density at radius 2 is 1.70 bits per heavy atom. The van der Waals surface area contributed by atoms with Gasteiger partial charge in [-0.2, -0.15) is 0 Å². The lowest BCUT2D eigenvalue weighted by Gasteiger charge is -2.23. The van der Waals surface area contributed by atoms with Crippen LogP contribution in [0.4, 0.5) is 0 Å². The normalized spacial score (nSPS) is 15.2. The van der Waals surface area contributed by atoms with E-state index >= 15 is 0 Å². The minimum absolute atomic E-state index is 0.0152. The molecular weight excluding hydrogens is 374 g/mol. The molecule has 2 N–H and O–H groups in total. The Labute approximate surface area is 179 Å². The summed E-state index contributed by atoms with van der Waals surface area (Å²) in [6.07, 6.45) is 2.52. The Balaban J connectivity index is 1.62. The maximum Gasteiger partial charge on any atom is 0.251 e. The van der Waals surface area contributed by atoms with Gasteiger partial charge in [0.1, 0.15) is 6.04 Å². The summed E-state index contributed by atoms with van der Waals surface area (Å²) in [5, 5.41) is 5.95. The van der Waals surface area contributed by atoms with Gasteiger partial charge < -0.3 is 10.6 Å². The second-order valence-electron chi connectivity index (χ2n) is 8.53. The molecule has 0 spiro atoms. The molecular formula is C25H33N3O2. The van der Waals surface area contributed by atoms with Crippen LogP contribution in [-0.2, 0) is 17.9 Å². The maximum atomic E-state index is 12.9. The topological polar surface area (TPSA) is 61.4 Å². The van der Waals surface area contributed by atoms with Crippen LogP contribution >= 0.6 is 0 Å². The minimum atomic E-state index is -0.580. The third-order valence-corrected chi connectivity index (χ3v) is 5.68. The molecule has 3 rings (SSSR count). The van der Waals surface area contributed by atoms with Crippen molar-refractivity contribution in [1.29, 1.82) is 0 Å². The molecule has 1 atom stereocenters. The number of aryl methyl sites for hydroxylation is 1. The number of nitrogens with one attached hydrogen (secondary N) is 2. The third-order valence-electron chi connectivity index (χ3n) is 5.68. The first-order chi connectivity index (χ1) is 14.4. The van der Waals surface area contributed by atoms with Crippen molar-refractivity contribution in [3.63, 3.8) is 0 Å². The Hall–Kier alpha value is -2.66. The smallest absolute Gasteiger partial charge is 0.251 e. The van der Waals surface area contributed by atoms with Crippen molar-refractivity contribution < 1.29 is 9.59 Å². The number of hydrogen-bond acceptors (Lipinski definition) is 3. The Morgan fingerprint density at radius 1 is 1.00 bits per heavy atom. The fourth-order valence-electron chi connectivity index (χ4n) is 3.90. The zero-order valence-electron chi connectivity index (χ0n) is 18.3. The summed E-state index contributed by atoms with van der Waals surface area (Å²) >= 11 is 0. The third kappa shape index (κ3) is 5.92. The van der Waals surface area contributed by atoms with Crippen LogP contribution in [0.25, 0.3) is 0 Å². The first-order valence-corrected chi connectivity index (χ1v) is 10.9. The van der Waals surface area contributed by atoms with Crippen molar-refractivity contribution in [1.82, 2.24) is 15.5 Å². The molecule has 2 amide bonds. The summed E-state index contributed by atoms with van der Waals surface area (Å²) < 4.78 is 0. The van der Waals surface area contributed by atoms with Crippen LogP contribution in [0.1, 0.15) is 53.7 Å². The first kappa shape index (κ1) is 22.0. The molecule has 2 aromatic carbocycles. The number of likely N-dealkylation sites (tertiary alicyclic amines) is 1. The maximum absolute atomic E-state index is 12.9. The van der Waals surface area contributed by atoms with Gasteiger partial charge in [0.05, 0.1) is 0 Å². The number of amides is 2. The molecule has 0 saturated carbocycles. The molecule has 5 heteroatoms. The van der Waals surface area contributed by atoms with E-state index < -0.39 is 6.04 Å². The molecule has 5 nitrogen and oxygen atoms in total. The number of benzene rings is 2. The Bertz CT molecular complexity index is 872. The van der Waals surface area contributed by atoms with Gasteiger partial charge in [-0.3, -0.25) is 14.5 Å². The van der Waals surface area contributed by atoms with Crippen LogP contribution in [0, 0.1) is 12.8 Å². The van der Waals surface area contributed by atoms with Gasteiger partial charge in [0, 0.05) is 18.7 Å². The number of hydrogen-bond donors (Lipinski definition) is 2. The molecule has 1 aliphatic heterocycles. The van der Waals surface area contributed by atoms with E-state index in [0.29, 0.717) is 12.1 Å². The van der Waals surface area contributed by atoms with E-state index in [1.54, 1.807) is 6.07 Å². The van der Waals surface area contributed by atoms with Crippen molar-refractivity contribution in [3.8, 4) is 0 Å². The molecule has 160 valence electrons. The van der Waals surface area contributed by atoms with Crippen molar-refractivity contribution in [3.05, 3.63) is 70.8 Å². The highest BCUT2D eigenvalue weighted by atomic mass is 16.2. The summed E-state index contributed by atoms with van der Waals surface area (Å²) in [4.78, 5) is 28.0. The second kappa shape index (κ2) is 10.4. The lowest BCUT2D eigenvalue weighted by molar-refractivity contribution is -0.124. The van der Waals surface area contributed by atoms with Gasteiger partial charge in [0.2, 0.25) is 5.91 Å². The molecule has 1 fully saturated rings. The summed E-state index contributed by atoms with van der Waals surface area (Å²) in [6, 6.07) is 15.1. The van der Waals surface area contributed by atoms with Crippen LogP contribution in [0.15, 0.2) is 48.5 Å². The van der Waals surface area contributed by atoms with Crippen molar-refractivity contribution >= 4 is 11.8 Å². The second-order valence-corrected chi connectivity index (χ2v) is 8.53. The highest BCUT2D eigenvalue weighted by Gasteiger charge is 2.25. The number of rotatable bonds is 8. The molecule has 0 aromatic heterocycles. The Kier molecular flexibility index (Phi) is 7.63. The van der Waals surface area contributed by atoms with E-state index in [4.69, 9.17) is 0 Å². The molecule has 1 saturated heterocycles. The van der Waals surface area contributed by atoms with Crippen LogP contribution in [-0.4, -0.2) is 35.8 Å². The number of carbonyl (C=O) groups excluding carboxylic acids is 2. The standard InChI is InChI=1S/C25H33N3O2/c1-18(2)23(27-24(29)20-12-8-9-19(3)15-20)25(30)26-16-21-10-4-5-11-22(21)17-28-13-6-7-14-28/h4-5,8-12,15,18,23H,6-7,13-14,16-17H2,1-3H3,(H,26,30)(H,27,29)/t23-/m0/s1. The van der Waals surface area contributed by atoms with Crippen molar-refractivity contribution in [2.45, 2.75) is 52.7 Å². The fourth-order valence-corrected chi connectivity index (χ4v) is 3.90. The average Bonchev–Trinajstić information content (AvgIpc) is 3.24. The number of nitrogens with zero attached hydrogens (tertiary/aromatic N) is 1. The SMILES string of the molecule is Cc1cccc(C(=O)N[C@H](C(=O)NCc2ccccc2CN2CCCC2)C(C)C)c1. The van der Waals surface area contributed by atoms with E-state index in [1.807, 2.05) is 45.0 Å². The lowest BCUT2D eigenvalue weighted by Crippen LogP contribution is -2.49. The van der Waals surface area contributed by atoms with Crippen LogP contribution in [0.2, 0.25) is 0 Å². The van der Waals surface area contributed by atoms with Gasteiger partial charge in [-0.25, -0.2) is 0 Å². The number of carbonyl (C=O) groups is 2. The Morgan fingerprint density at radius 3 is 2.37 bits per heavy atom. The predicted octanol–water partition coefficient (Wildman–Crippen LogP) is 3.66. The summed E-state index contributed by atoms with van der Waals surface area (Å²) in [5.41, 5.74) is 3.97. The van der Waals surface area contributed by atoms with Gasteiger partial charge in [0.25, 0.3) is 5.91 Å². The van der Waals surface area contributed by atoms with Crippen LogP contribution in [0.3, 0.4) is 0 Å². The molecule has 0 bridgehead atoms. The van der Waals surface area contributed by atoms with E-state index in [9.17, 15) is 9.59 Å². The largest absolute Gasteiger partial charge is 0.350 e. The summed E-state index contributed by atoms with van der Waals surface area (Å²) in [5.74, 6) is -0.387. The van der Waals surface area contributed by atoms with E-state index in [2.05, 4.69) is 33.7 Å². The molecule has 2 aromatic rings. The highest BCUT2D eigenvalue weighted by Crippen LogP contribution is 2.16. The molecule has 0 radical (unpaired) electrons. The monoisotopic (exact) mass is 407 g/mol. The van der Waals surface area contributed by atoms with Crippen molar-refractivity contribution in [2.24, 2.45) is 5.92 Å². The zero-order chi connectivity index (χ0) is 21.5. The van der Waals surface area contributed by atoms with E-state index in [1.165, 1.54) is 18.4 Å². The zero-order valence-corrected chi connectivity index (χ0v) is 18.3. The molecule has 0 aliphatic carbocycles. The average molecular weight is 408 g/mol. The first-order valence-electron chi connectivity index (χ1n) is 10.9. The van der Waals surface area contributed by atoms with Crippen molar-refractivity contribution in [2.75, 3.05) is 13.1 Å². The molecule has 30 heavy (non-hydrogen) atoms. The minimum Gasteiger partial charge on any atom is -0.350 e. The van der Waals surface area contributed by atoms with Gasteiger partial charge in [-0.15, -0.1) is 0 Å². The van der Waals surface area contributed by atoms with E-state index in [-0.39, 0.29) is 17.7 Å². The van der Waals surface area contributed by atoms with Gasteiger partial charge in [0.15, 0.2) is 0 Å². The molecule has 0 unspecified atom stereocenters. The molecule has 1 aliphatic rings. The van der Waals surface area contributed by atoms with Gasteiger partial charge >= 0.3 is 0 Å².